The molecular formula is C44H79N13O11. The van der Waals surface area contributed by atoms with Crippen LogP contribution in [0.3, 0.4) is 0 Å². The normalized spacial score (nSPS) is 19.4. The number of aliphatic hydroxyl groups excluding tert-OH is 2. The van der Waals surface area contributed by atoms with Crippen LogP contribution in [0.4, 0.5) is 0 Å². The van der Waals surface area contributed by atoms with Gasteiger partial charge in [0.05, 0.1) is 25.8 Å². The quantitative estimate of drug-likeness (QED) is 0.0202. The summed E-state index contributed by atoms with van der Waals surface area (Å²) in [5.74, 6) is -7.79. The van der Waals surface area contributed by atoms with Crippen molar-refractivity contribution in [3.05, 3.63) is 0 Å². The second-order valence-corrected chi connectivity index (χ2v) is 18.0. The summed E-state index contributed by atoms with van der Waals surface area (Å²) >= 11 is 0. The van der Waals surface area contributed by atoms with Crippen molar-refractivity contribution >= 4 is 59.1 Å². The molecule has 0 spiro atoms. The van der Waals surface area contributed by atoms with E-state index in [9.17, 15) is 53.4 Å². The molecule has 24 nitrogen and oxygen atoms in total. The summed E-state index contributed by atoms with van der Waals surface area (Å²) in [6, 6.07) is -9.25. The number of rotatable bonds is 28. The number of aliphatic imine (C=N–C) groups is 1. The highest BCUT2D eigenvalue weighted by molar-refractivity contribution is 5.98. The highest BCUT2D eigenvalue weighted by atomic mass is 16.3. The Balaban J connectivity index is 2.19. The minimum absolute atomic E-state index is 0.0840. The van der Waals surface area contributed by atoms with Gasteiger partial charge in [-0.15, -0.1) is 0 Å². The fraction of sp³-hybridized carbons (Fsp3) is 0.773. The van der Waals surface area contributed by atoms with E-state index in [1.54, 1.807) is 48.5 Å². The second kappa shape index (κ2) is 29.3. The molecule has 2 fully saturated rings. The molecule has 2 aliphatic rings. The fourth-order valence-corrected chi connectivity index (χ4v) is 7.93. The summed E-state index contributed by atoms with van der Waals surface area (Å²) in [6.45, 7) is 11.3. The topological polar surface area (TPSA) is 361 Å². The maximum absolute atomic E-state index is 14.0. The number of nitrogens with zero attached hydrogens (tertiary/aromatic N) is 3. The van der Waals surface area contributed by atoms with E-state index in [0.29, 0.717) is 38.6 Å². The van der Waals surface area contributed by atoms with Gasteiger partial charge in [-0.05, 0) is 76.8 Å². The van der Waals surface area contributed by atoms with Crippen molar-refractivity contribution in [3.63, 3.8) is 0 Å². The molecule has 0 bridgehead atoms. The fourth-order valence-electron chi connectivity index (χ4n) is 7.93. The average Bonchev–Trinajstić information content (AvgIpc) is 3.98. The number of carbonyl (C=O) groups is 9. The van der Waals surface area contributed by atoms with E-state index in [1.807, 2.05) is 11.9 Å². The van der Waals surface area contributed by atoms with Gasteiger partial charge in [0.1, 0.15) is 42.3 Å². The maximum atomic E-state index is 14.0. The van der Waals surface area contributed by atoms with Gasteiger partial charge >= 0.3 is 0 Å². The van der Waals surface area contributed by atoms with Crippen molar-refractivity contribution in [2.75, 3.05) is 53.0 Å². The van der Waals surface area contributed by atoms with E-state index in [1.165, 1.54) is 4.90 Å². The van der Waals surface area contributed by atoms with Gasteiger partial charge in [0, 0.05) is 19.6 Å². The lowest BCUT2D eigenvalue weighted by Gasteiger charge is -2.31. The average molecular weight is 966 g/mol. The minimum Gasteiger partial charge on any atom is -0.394 e. The predicted molar refractivity (Wildman–Crippen MR) is 251 cm³/mol. The van der Waals surface area contributed by atoms with E-state index in [0.717, 1.165) is 13.0 Å². The van der Waals surface area contributed by atoms with Gasteiger partial charge < -0.3 is 69.1 Å². The lowest BCUT2D eigenvalue weighted by molar-refractivity contribution is -0.142. The first-order valence-corrected chi connectivity index (χ1v) is 23.8. The van der Waals surface area contributed by atoms with Crippen LogP contribution in [0, 0.1) is 17.8 Å². The van der Waals surface area contributed by atoms with E-state index >= 15 is 0 Å². The summed E-state index contributed by atoms with van der Waals surface area (Å²) in [7, 11) is 1.82. The van der Waals surface area contributed by atoms with E-state index in [4.69, 9.17) is 11.5 Å². The number of amides is 9. The number of hydrogen-bond acceptors (Lipinski definition) is 13. The Kier molecular flexibility index (Phi) is 25.2. The van der Waals surface area contributed by atoms with Crippen LogP contribution in [0.1, 0.15) is 99.8 Å². The molecule has 0 aromatic rings. The number of nitrogens with two attached hydrogens (primary N) is 2. The van der Waals surface area contributed by atoms with Gasteiger partial charge in [-0.25, -0.2) is 0 Å². The first-order valence-electron chi connectivity index (χ1n) is 23.8. The third-order valence-electron chi connectivity index (χ3n) is 12.5. The molecule has 14 N–H and O–H groups in total. The SMILES string of the molecule is CCNC(=O)[C@@H]1CCCN1C(=O)[C@H](CCCN=C(N)N)NC(=O)[C@@H](NC(=O)[C@H](CO)NC(=O)[C@H](CO)NC(=O)[C@H](NC(=O)[C@@H](NC(=O)CNC(=O)[C@@H]1CCCN1C)C(C)C)[C@H](C)CC)[C@@H](C)CC. The zero-order chi connectivity index (χ0) is 51.2. The van der Waals surface area contributed by atoms with Crippen LogP contribution in [0.15, 0.2) is 4.99 Å². The van der Waals surface area contributed by atoms with Crippen LogP contribution in [-0.4, -0.2) is 180 Å². The van der Waals surface area contributed by atoms with Gasteiger partial charge in [-0.3, -0.25) is 53.0 Å². The Hall–Kier alpha value is -5.62. The lowest BCUT2D eigenvalue weighted by atomic mass is 9.96. The minimum atomic E-state index is -1.68. The maximum Gasteiger partial charge on any atom is 0.245 e. The van der Waals surface area contributed by atoms with Crippen molar-refractivity contribution in [2.45, 2.75) is 148 Å². The highest BCUT2D eigenvalue weighted by Crippen LogP contribution is 2.21. The largest absolute Gasteiger partial charge is 0.394 e. The van der Waals surface area contributed by atoms with Gasteiger partial charge in [-0.1, -0.05) is 54.4 Å². The molecule has 0 radical (unpaired) electrons. The van der Waals surface area contributed by atoms with Crippen molar-refractivity contribution in [1.82, 2.24) is 52.3 Å². The van der Waals surface area contributed by atoms with Gasteiger partial charge in [0.15, 0.2) is 5.96 Å². The van der Waals surface area contributed by atoms with Crippen molar-refractivity contribution < 1.29 is 53.4 Å². The molecule has 9 amide bonds. The van der Waals surface area contributed by atoms with Gasteiger partial charge in [0.25, 0.3) is 0 Å². The zero-order valence-electron chi connectivity index (χ0n) is 41.0. The number of likely N-dealkylation sites (tertiary alicyclic amines) is 2. The summed E-state index contributed by atoms with van der Waals surface area (Å²) in [5, 5.41) is 41.1. The van der Waals surface area contributed by atoms with E-state index in [-0.39, 0.29) is 56.3 Å². The van der Waals surface area contributed by atoms with Crippen molar-refractivity contribution in [3.8, 4) is 0 Å². The Bertz CT molecular complexity index is 1760. The Morgan fingerprint density at radius 1 is 0.632 bits per heavy atom. The van der Waals surface area contributed by atoms with Gasteiger partial charge in [0.2, 0.25) is 53.2 Å². The molecule has 386 valence electrons. The molecule has 24 heteroatoms. The van der Waals surface area contributed by atoms with Crippen LogP contribution in [-0.2, 0) is 43.2 Å². The Labute approximate surface area is 399 Å². The van der Waals surface area contributed by atoms with Crippen LogP contribution < -0.4 is 54.0 Å². The molecule has 0 aromatic carbocycles. The lowest BCUT2D eigenvalue weighted by Crippen LogP contribution is -2.62. The summed E-state index contributed by atoms with van der Waals surface area (Å²) in [5.41, 5.74) is 10.9. The van der Waals surface area contributed by atoms with E-state index in [2.05, 4.69) is 47.5 Å². The van der Waals surface area contributed by atoms with Crippen LogP contribution in [0.2, 0.25) is 0 Å². The van der Waals surface area contributed by atoms with Crippen LogP contribution >= 0.6 is 0 Å². The third kappa shape index (κ3) is 17.8. The number of nitrogens with one attached hydrogen (secondary N) is 8. The number of aliphatic hydroxyl groups is 2. The summed E-state index contributed by atoms with van der Waals surface area (Å²) in [6.07, 6.45) is 3.64. The predicted octanol–water partition coefficient (Wildman–Crippen LogP) is -3.98. The number of guanidine groups is 1. The monoisotopic (exact) mass is 966 g/mol. The van der Waals surface area contributed by atoms with E-state index < -0.39 is 115 Å². The molecule has 0 aromatic heterocycles. The first kappa shape index (κ1) is 58.5. The summed E-state index contributed by atoms with van der Waals surface area (Å²) in [4.78, 5) is 128. The Morgan fingerprint density at radius 3 is 1.62 bits per heavy atom. The third-order valence-corrected chi connectivity index (χ3v) is 12.5. The number of hydrogen-bond donors (Lipinski definition) is 12. The summed E-state index contributed by atoms with van der Waals surface area (Å²) < 4.78 is 0. The first-order chi connectivity index (χ1) is 32.1. The molecule has 2 saturated heterocycles. The van der Waals surface area contributed by atoms with Crippen LogP contribution in [0.5, 0.6) is 0 Å². The molecule has 2 heterocycles. The molecule has 0 unspecified atom stereocenters. The molecule has 0 aliphatic carbocycles. The molecule has 68 heavy (non-hydrogen) atoms. The molecular weight excluding hydrogens is 887 g/mol. The van der Waals surface area contributed by atoms with Crippen molar-refractivity contribution in [2.24, 2.45) is 34.2 Å². The highest BCUT2D eigenvalue weighted by Gasteiger charge is 2.40. The molecule has 10 atom stereocenters. The Morgan fingerprint density at radius 2 is 1.12 bits per heavy atom. The van der Waals surface area contributed by atoms with Crippen molar-refractivity contribution in [1.29, 1.82) is 0 Å². The smallest absolute Gasteiger partial charge is 0.245 e. The number of likely N-dealkylation sites (N-methyl/N-ethyl adjacent to an activating group) is 2. The second-order valence-electron chi connectivity index (χ2n) is 18.0. The van der Waals surface area contributed by atoms with Crippen LogP contribution in [0.25, 0.3) is 0 Å². The zero-order valence-corrected chi connectivity index (χ0v) is 41.0. The molecule has 2 rings (SSSR count). The number of carbonyl (C=O) groups excluding carboxylic acids is 9. The molecule has 0 saturated carbocycles. The standard InChI is InChI=1S/C44H79N13O11/c1-9-25(6)34(41(66)50-27(15-12-18-48-44(45)46)43(68)57-20-14-17-31(57)39(64)47-11-3)54-37(62)29(23-59)51-36(61)28(22-58)52-42(67)35(26(7)10-2)55-40(65)33(24(4)5)53-32(60)21-49-38(63)30-16-13-19-56(30)8/h24-31,33-35,58-59H,9-23H2,1-8H3,(H,47,64)(H,49,63)(H,50,66)(H,51,61)(H,52,67)(H,53,60)(H,54,62)(H,55,65)(H4,45,46,48)/t25-,26+,27-,28-,29-,30-,31-,33-,34-,35+/m0/s1. The molecule has 2 aliphatic heterocycles. The van der Waals surface area contributed by atoms with Gasteiger partial charge in [-0.2, -0.15) is 0 Å².